The van der Waals surface area contributed by atoms with Crippen LogP contribution in [0.4, 0.5) is 19.0 Å². The van der Waals surface area contributed by atoms with E-state index in [9.17, 15) is 18.0 Å². The topological polar surface area (TPSA) is 59.0 Å². The van der Waals surface area contributed by atoms with Crippen LogP contribution in [0, 0.1) is 0 Å². The zero-order chi connectivity index (χ0) is 19.9. The summed E-state index contributed by atoms with van der Waals surface area (Å²) in [5, 5.41) is 9.75. The van der Waals surface area contributed by atoms with Gasteiger partial charge in [-0.1, -0.05) is 54.8 Å². The van der Waals surface area contributed by atoms with Gasteiger partial charge in [0.15, 0.2) is 11.7 Å². The summed E-state index contributed by atoms with van der Waals surface area (Å²) in [7, 11) is 0. The Morgan fingerprint density at radius 3 is 2.54 bits per heavy atom. The fraction of sp³-hybridized carbons (Fsp3) is 0.474. The molecule has 2 atom stereocenters. The first-order valence-corrected chi connectivity index (χ1v) is 9.69. The number of aromatic nitrogens is 2. The zero-order valence-electron chi connectivity index (χ0n) is 15.0. The molecule has 5 nitrogen and oxygen atoms in total. The predicted octanol–water partition coefficient (Wildman–Crippen LogP) is 4.87. The number of halogens is 4. The number of carbonyl (C=O) groups is 1. The molecule has 1 aromatic heterocycles. The van der Waals surface area contributed by atoms with E-state index in [2.05, 4.69) is 15.7 Å². The van der Waals surface area contributed by atoms with Crippen LogP contribution in [0.2, 0.25) is 5.02 Å². The number of alkyl halides is 3. The Morgan fingerprint density at radius 2 is 1.89 bits per heavy atom. The van der Waals surface area contributed by atoms with Gasteiger partial charge < -0.3 is 10.6 Å². The quantitative estimate of drug-likeness (QED) is 0.756. The van der Waals surface area contributed by atoms with Crippen LogP contribution >= 0.6 is 11.6 Å². The van der Waals surface area contributed by atoms with E-state index in [1.54, 1.807) is 30.3 Å². The van der Waals surface area contributed by atoms with Gasteiger partial charge in [-0.15, -0.1) is 0 Å². The molecule has 1 aromatic carbocycles. The molecule has 0 bridgehead atoms. The maximum atomic E-state index is 13.7. The van der Waals surface area contributed by atoms with Crippen LogP contribution in [0.25, 0.3) is 0 Å². The number of benzene rings is 1. The van der Waals surface area contributed by atoms with Crippen molar-refractivity contribution in [2.45, 2.75) is 56.4 Å². The summed E-state index contributed by atoms with van der Waals surface area (Å²) in [5.74, 6) is -0.501. The minimum atomic E-state index is -4.52. The van der Waals surface area contributed by atoms with Gasteiger partial charge in [-0.05, 0) is 18.4 Å². The number of amides is 1. The molecule has 0 saturated heterocycles. The largest absolute Gasteiger partial charge is 0.410 e. The molecule has 2 heterocycles. The van der Waals surface area contributed by atoms with Crippen molar-refractivity contribution in [3.05, 3.63) is 46.6 Å². The summed E-state index contributed by atoms with van der Waals surface area (Å²) >= 11 is 6.32. The van der Waals surface area contributed by atoms with E-state index in [0.29, 0.717) is 0 Å². The highest BCUT2D eigenvalue weighted by Crippen LogP contribution is 2.46. The Hall–Kier alpha value is -2.22. The van der Waals surface area contributed by atoms with Gasteiger partial charge in [0.05, 0.1) is 6.04 Å². The van der Waals surface area contributed by atoms with E-state index in [0.717, 1.165) is 35.9 Å². The Balaban J connectivity index is 1.68. The maximum Gasteiger partial charge on any atom is 0.410 e. The first-order valence-electron chi connectivity index (χ1n) is 9.31. The van der Waals surface area contributed by atoms with Crippen LogP contribution in [0.5, 0.6) is 0 Å². The number of carbonyl (C=O) groups excluding carboxylic acids is 1. The van der Waals surface area contributed by atoms with Gasteiger partial charge in [0.25, 0.3) is 5.91 Å². The van der Waals surface area contributed by atoms with Crippen molar-refractivity contribution in [2.75, 3.05) is 5.32 Å². The van der Waals surface area contributed by atoms with Crippen LogP contribution in [-0.2, 0) is 0 Å². The molecule has 1 amide bonds. The van der Waals surface area contributed by atoms with Gasteiger partial charge in [0.2, 0.25) is 0 Å². The second-order valence-corrected chi connectivity index (χ2v) is 7.69. The molecule has 1 aliphatic heterocycles. The first-order chi connectivity index (χ1) is 13.3. The summed E-state index contributed by atoms with van der Waals surface area (Å²) in [5.41, 5.74) is 0.552. The SMILES string of the molecule is O=C(NC1CCCC1)c1nn2c(c1Cl)N[C@H](c1ccccc1)C[C@H]2C(F)(F)F. The normalized spacial score (nSPS) is 22.6. The Kier molecular flexibility index (Phi) is 4.99. The molecule has 0 radical (unpaired) electrons. The second-order valence-electron chi connectivity index (χ2n) is 7.31. The average Bonchev–Trinajstić information content (AvgIpc) is 3.29. The van der Waals surface area contributed by atoms with Crippen molar-refractivity contribution in [3.8, 4) is 0 Å². The van der Waals surface area contributed by atoms with Gasteiger partial charge in [0, 0.05) is 12.5 Å². The number of nitrogens with zero attached hydrogens (tertiary/aromatic N) is 2. The summed E-state index contributed by atoms with van der Waals surface area (Å²) in [6.07, 6.45) is -0.989. The van der Waals surface area contributed by atoms with Crippen molar-refractivity contribution < 1.29 is 18.0 Å². The Labute approximate surface area is 165 Å². The van der Waals surface area contributed by atoms with Gasteiger partial charge >= 0.3 is 6.18 Å². The summed E-state index contributed by atoms with van der Waals surface area (Å²) in [4.78, 5) is 12.6. The van der Waals surface area contributed by atoms with Crippen molar-refractivity contribution in [1.29, 1.82) is 0 Å². The number of rotatable bonds is 3. The average molecular weight is 413 g/mol. The molecular weight excluding hydrogens is 393 g/mol. The third-order valence-electron chi connectivity index (χ3n) is 5.40. The molecule has 1 saturated carbocycles. The third kappa shape index (κ3) is 3.57. The van der Waals surface area contributed by atoms with Crippen molar-refractivity contribution in [1.82, 2.24) is 15.1 Å². The lowest BCUT2D eigenvalue weighted by Crippen LogP contribution is -2.36. The van der Waals surface area contributed by atoms with Gasteiger partial charge in [-0.2, -0.15) is 18.3 Å². The molecule has 1 fully saturated rings. The van der Waals surface area contributed by atoms with E-state index in [1.165, 1.54) is 0 Å². The molecule has 0 spiro atoms. The number of hydrogen-bond donors (Lipinski definition) is 2. The van der Waals surface area contributed by atoms with Crippen molar-refractivity contribution >= 4 is 23.3 Å². The lowest BCUT2D eigenvalue weighted by atomic mass is 9.97. The molecule has 1 aliphatic carbocycles. The van der Waals surface area contributed by atoms with Gasteiger partial charge in [-0.25, -0.2) is 4.68 Å². The van der Waals surface area contributed by atoms with Crippen molar-refractivity contribution in [3.63, 3.8) is 0 Å². The highest BCUT2D eigenvalue weighted by Gasteiger charge is 2.47. The second kappa shape index (κ2) is 7.31. The highest BCUT2D eigenvalue weighted by atomic mass is 35.5. The van der Waals surface area contributed by atoms with Crippen LogP contribution in [0.3, 0.4) is 0 Å². The molecular formula is C19H20ClF3N4O. The smallest absolute Gasteiger partial charge is 0.362 e. The standard InChI is InChI=1S/C19H20ClF3N4O/c20-15-16(18(28)24-12-8-4-5-9-12)26-27-14(19(21,22)23)10-13(25-17(15)27)11-6-2-1-3-7-11/h1-3,6-7,12-14,25H,4-5,8-10H2,(H,24,28)/t13-,14-/m0/s1. The minimum Gasteiger partial charge on any atom is -0.362 e. The lowest BCUT2D eigenvalue weighted by Gasteiger charge is -2.33. The van der Waals surface area contributed by atoms with Crippen molar-refractivity contribution in [2.24, 2.45) is 0 Å². The predicted molar refractivity (Wildman–Crippen MR) is 99.5 cm³/mol. The summed E-state index contributed by atoms with van der Waals surface area (Å²) in [6, 6.07) is 6.44. The van der Waals surface area contributed by atoms with E-state index < -0.39 is 24.2 Å². The number of fused-ring (bicyclic) bond motifs is 1. The summed E-state index contributed by atoms with van der Waals surface area (Å²) < 4.78 is 42.1. The van der Waals surface area contributed by atoms with E-state index in [1.807, 2.05) is 0 Å². The van der Waals surface area contributed by atoms with Gasteiger partial charge in [0.1, 0.15) is 10.8 Å². The Morgan fingerprint density at radius 1 is 1.21 bits per heavy atom. The molecule has 2 aromatic rings. The van der Waals surface area contributed by atoms with Gasteiger partial charge in [-0.3, -0.25) is 4.79 Å². The van der Waals surface area contributed by atoms with E-state index in [4.69, 9.17) is 11.6 Å². The minimum absolute atomic E-state index is 0.0192. The molecule has 150 valence electrons. The Bertz CT molecular complexity index is 862. The molecule has 4 rings (SSSR count). The zero-order valence-corrected chi connectivity index (χ0v) is 15.7. The molecule has 0 unspecified atom stereocenters. The molecule has 9 heteroatoms. The fourth-order valence-electron chi connectivity index (χ4n) is 3.96. The van der Waals surface area contributed by atoms with E-state index in [-0.39, 0.29) is 29.0 Å². The van der Waals surface area contributed by atoms with E-state index >= 15 is 0 Å². The number of nitrogens with one attached hydrogen (secondary N) is 2. The molecule has 2 aliphatic rings. The first kappa shape index (κ1) is 19.1. The molecule has 28 heavy (non-hydrogen) atoms. The number of hydrogen-bond acceptors (Lipinski definition) is 3. The summed E-state index contributed by atoms with van der Waals surface area (Å²) in [6.45, 7) is 0. The van der Waals surface area contributed by atoms with Crippen LogP contribution in [0.15, 0.2) is 30.3 Å². The number of anilines is 1. The highest BCUT2D eigenvalue weighted by molar-refractivity contribution is 6.36. The monoisotopic (exact) mass is 412 g/mol. The third-order valence-corrected chi connectivity index (χ3v) is 5.76. The van der Waals surface area contributed by atoms with Crippen LogP contribution < -0.4 is 10.6 Å². The van der Waals surface area contributed by atoms with Crippen LogP contribution in [-0.4, -0.2) is 27.9 Å². The molecule has 2 N–H and O–H groups in total. The maximum absolute atomic E-state index is 13.7. The fourth-order valence-corrected chi connectivity index (χ4v) is 4.23. The van der Waals surface area contributed by atoms with Crippen LogP contribution in [0.1, 0.15) is 60.2 Å². The lowest BCUT2D eigenvalue weighted by molar-refractivity contribution is -0.173.